The topological polar surface area (TPSA) is 67.9 Å². The molecule has 0 aromatic heterocycles. The highest BCUT2D eigenvalue weighted by Crippen LogP contribution is 2.23. The molecule has 2 amide bonds. The molecule has 0 bridgehead atoms. The highest BCUT2D eigenvalue weighted by Gasteiger charge is 2.39. The number of amides is 2. The van der Waals surface area contributed by atoms with Crippen molar-refractivity contribution < 1.29 is 19.1 Å². The van der Waals surface area contributed by atoms with Crippen molar-refractivity contribution in [3.63, 3.8) is 0 Å². The molecule has 0 saturated carbocycles. The number of thioether (sulfide) groups is 1. The van der Waals surface area contributed by atoms with Gasteiger partial charge in [0.05, 0.1) is 25.7 Å². The summed E-state index contributed by atoms with van der Waals surface area (Å²) in [5.74, 6) is 1.61. The summed E-state index contributed by atoms with van der Waals surface area (Å²) in [5, 5.41) is 3.05. The monoisotopic (exact) mass is 344 g/mol. The van der Waals surface area contributed by atoms with Gasteiger partial charge in [-0.2, -0.15) is 0 Å². The van der Waals surface area contributed by atoms with Gasteiger partial charge in [0.2, 0.25) is 5.91 Å². The average Bonchev–Trinajstić information content (AvgIpc) is 3.02. The zero-order valence-electron chi connectivity index (χ0n) is 14.2. The van der Waals surface area contributed by atoms with Crippen molar-refractivity contribution in [1.82, 2.24) is 10.2 Å². The van der Waals surface area contributed by atoms with E-state index in [1.54, 1.807) is 16.7 Å². The fourth-order valence-corrected chi connectivity index (χ4v) is 3.85. The molecule has 23 heavy (non-hydrogen) atoms. The van der Waals surface area contributed by atoms with Gasteiger partial charge in [-0.15, -0.1) is 11.8 Å². The van der Waals surface area contributed by atoms with Crippen molar-refractivity contribution in [3.8, 4) is 0 Å². The molecule has 2 aliphatic heterocycles. The maximum absolute atomic E-state index is 12.5. The molecule has 2 fully saturated rings. The van der Waals surface area contributed by atoms with Gasteiger partial charge in [0, 0.05) is 11.8 Å². The minimum Gasteiger partial charge on any atom is -0.376 e. The first kappa shape index (κ1) is 18.5. The zero-order chi connectivity index (χ0) is 16.8. The van der Waals surface area contributed by atoms with Gasteiger partial charge in [-0.1, -0.05) is 13.8 Å². The molecule has 6 nitrogen and oxygen atoms in total. The van der Waals surface area contributed by atoms with E-state index in [4.69, 9.17) is 9.47 Å². The number of nitrogens with zero attached hydrogens (tertiary/aromatic N) is 1. The predicted molar refractivity (Wildman–Crippen MR) is 90.2 cm³/mol. The quantitative estimate of drug-likeness (QED) is 0.785. The van der Waals surface area contributed by atoms with E-state index >= 15 is 0 Å². The smallest absolute Gasteiger partial charge is 0.255 e. The van der Waals surface area contributed by atoms with Crippen LogP contribution in [0.2, 0.25) is 0 Å². The maximum Gasteiger partial charge on any atom is 0.255 e. The van der Waals surface area contributed by atoms with Crippen LogP contribution in [0.15, 0.2) is 0 Å². The van der Waals surface area contributed by atoms with Crippen molar-refractivity contribution in [3.05, 3.63) is 0 Å². The Morgan fingerprint density at radius 2 is 2.04 bits per heavy atom. The Bertz CT molecular complexity index is 413. The third kappa shape index (κ3) is 5.36. The van der Waals surface area contributed by atoms with Gasteiger partial charge < -0.3 is 19.7 Å². The van der Waals surface area contributed by atoms with E-state index in [-0.39, 0.29) is 24.5 Å². The first-order chi connectivity index (χ1) is 11.0. The lowest BCUT2D eigenvalue weighted by Gasteiger charge is -2.30. The number of carbonyl (C=O) groups is 2. The molecular formula is C16H28N2O4S. The summed E-state index contributed by atoms with van der Waals surface area (Å²) in [5.41, 5.74) is 0. The van der Waals surface area contributed by atoms with E-state index < -0.39 is 12.1 Å². The Hall–Kier alpha value is -0.790. The van der Waals surface area contributed by atoms with Gasteiger partial charge in [-0.25, -0.2) is 0 Å². The van der Waals surface area contributed by atoms with Gasteiger partial charge in [0.25, 0.3) is 5.91 Å². The van der Waals surface area contributed by atoms with Crippen molar-refractivity contribution >= 4 is 23.6 Å². The largest absolute Gasteiger partial charge is 0.376 e. The summed E-state index contributed by atoms with van der Waals surface area (Å²) < 4.78 is 10.8. The van der Waals surface area contributed by atoms with Crippen LogP contribution in [0.3, 0.4) is 0 Å². The fourth-order valence-electron chi connectivity index (χ4n) is 2.69. The molecule has 0 aromatic carbocycles. The van der Waals surface area contributed by atoms with Crippen LogP contribution in [0.4, 0.5) is 0 Å². The van der Waals surface area contributed by atoms with Crippen LogP contribution in [0, 0.1) is 5.92 Å². The third-order valence-corrected chi connectivity index (χ3v) is 5.14. The molecule has 132 valence electrons. The van der Waals surface area contributed by atoms with E-state index in [0.717, 1.165) is 12.8 Å². The normalized spacial score (nSPS) is 26.3. The first-order valence-electron chi connectivity index (χ1n) is 8.37. The van der Waals surface area contributed by atoms with Gasteiger partial charge in [-0.05, 0) is 25.7 Å². The molecule has 0 radical (unpaired) electrons. The summed E-state index contributed by atoms with van der Waals surface area (Å²) >= 11 is 1.60. The fraction of sp³-hybridized carbons (Fsp3) is 0.875. The molecule has 0 aliphatic carbocycles. The second-order valence-corrected chi connectivity index (χ2v) is 7.64. The number of carbonyl (C=O) groups excluding carboxylic acids is 2. The summed E-state index contributed by atoms with van der Waals surface area (Å²) in [6.45, 7) is 7.60. The molecule has 7 heteroatoms. The van der Waals surface area contributed by atoms with Crippen LogP contribution in [-0.2, 0) is 19.1 Å². The average molecular weight is 344 g/mol. The number of hydrogen-bond donors (Lipinski definition) is 1. The summed E-state index contributed by atoms with van der Waals surface area (Å²) in [6, 6.07) is -0.277. The highest BCUT2D eigenvalue weighted by atomic mass is 32.2. The van der Waals surface area contributed by atoms with Crippen LogP contribution in [0.25, 0.3) is 0 Å². The van der Waals surface area contributed by atoms with Crippen LogP contribution < -0.4 is 5.32 Å². The molecule has 0 spiro atoms. The molecule has 0 aromatic rings. The second-order valence-electron chi connectivity index (χ2n) is 6.64. The van der Waals surface area contributed by atoms with Crippen molar-refractivity contribution in [1.29, 1.82) is 0 Å². The Kier molecular flexibility index (Phi) is 7.17. The van der Waals surface area contributed by atoms with Crippen LogP contribution in [0.5, 0.6) is 0 Å². The van der Waals surface area contributed by atoms with Crippen LogP contribution in [-0.4, -0.2) is 66.4 Å². The lowest BCUT2D eigenvalue weighted by atomic mass is 10.0. The standard InChI is InChI=1S/C16H28N2O4S/c1-11(2)4-5-12(3)17-15(19)13-9-23-10-18(13)16(20)14-8-21-6-7-22-14/h11-14H,4-10H2,1-3H3,(H,17,19). The summed E-state index contributed by atoms with van der Waals surface area (Å²) in [6.07, 6.45) is 1.46. The minimum atomic E-state index is -0.573. The Morgan fingerprint density at radius 1 is 1.26 bits per heavy atom. The predicted octanol–water partition coefficient (Wildman–Crippen LogP) is 1.24. The number of ether oxygens (including phenoxy) is 2. The lowest BCUT2D eigenvalue weighted by molar-refractivity contribution is -0.160. The van der Waals surface area contributed by atoms with Gasteiger partial charge in [0.1, 0.15) is 6.04 Å². The Balaban J connectivity index is 1.87. The lowest BCUT2D eigenvalue weighted by Crippen LogP contribution is -2.53. The van der Waals surface area contributed by atoms with Crippen molar-refractivity contribution in [2.75, 3.05) is 31.5 Å². The molecule has 2 aliphatic rings. The molecule has 1 N–H and O–H groups in total. The van der Waals surface area contributed by atoms with Crippen LogP contribution >= 0.6 is 11.8 Å². The molecule has 2 rings (SSSR count). The van der Waals surface area contributed by atoms with E-state index in [1.165, 1.54) is 0 Å². The van der Waals surface area contributed by atoms with E-state index in [2.05, 4.69) is 19.2 Å². The molecule has 3 unspecified atom stereocenters. The third-order valence-electron chi connectivity index (χ3n) is 4.13. The number of nitrogens with one attached hydrogen (secondary N) is 1. The Morgan fingerprint density at radius 3 is 2.70 bits per heavy atom. The van der Waals surface area contributed by atoms with Crippen molar-refractivity contribution in [2.45, 2.75) is 51.8 Å². The minimum absolute atomic E-state index is 0.0590. The number of rotatable bonds is 6. The van der Waals surface area contributed by atoms with E-state index in [1.807, 2.05) is 6.92 Å². The zero-order valence-corrected chi connectivity index (χ0v) is 15.1. The highest BCUT2D eigenvalue weighted by molar-refractivity contribution is 7.99. The van der Waals surface area contributed by atoms with Gasteiger partial charge in [0.15, 0.2) is 6.10 Å². The second kappa shape index (κ2) is 8.89. The van der Waals surface area contributed by atoms with E-state index in [0.29, 0.717) is 30.8 Å². The number of hydrogen-bond acceptors (Lipinski definition) is 5. The molecule has 3 atom stereocenters. The maximum atomic E-state index is 12.5. The van der Waals surface area contributed by atoms with Gasteiger partial charge >= 0.3 is 0 Å². The SMILES string of the molecule is CC(C)CCC(C)NC(=O)C1CSCN1C(=O)C1COCCO1. The van der Waals surface area contributed by atoms with Gasteiger partial charge in [-0.3, -0.25) is 9.59 Å². The summed E-state index contributed by atoms with van der Waals surface area (Å²) in [7, 11) is 0. The summed E-state index contributed by atoms with van der Waals surface area (Å²) in [4.78, 5) is 26.7. The van der Waals surface area contributed by atoms with Crippen molar-refractivity contribution in [2.24, 2.45) is 5.92 Å². The molecule has 2 heterocycles. The van der Waals surface area contributed by atoms with E-state index in [9.17, 15) is 9.59 Å². The van der Waals surface area contributed by atoms with Crippen LogP contribution in [0.1, 0.15) is 33.6 Å². The first-order valence-corrected chi connectivity index (χ1v) is 9.52. The molecule has 2 saturated heterocycles. The Labute approximate surface area is 142 Å². The molecular weight excluding hydrogens is 316 g/mol.